The molecule has 5 heteroatoms. The summed E-state index contributed by atoms with van der Waals surface area (Å²) in [4.78, 5) is 22.3. The molecule has 0 saturated carbocycles. The van der Waals surface area contributed by atoms with Gasteiger partial charge in [-0.15, -0.1) is 0 Å². The molecule has 0 fully saturated rings. The van der Waals surface area contributed by atoms with E-state index in [4.69, 9.17) is 0 Å². The van der Waals surface area contributed by atoms with Crippen LogP contribution in [0.1, 0.15) is 15.9 Å². The van der Waals surface area contributed by atoms with Crippen molar-refractivity contribution in [3.8, 4) is 0 Å². The number of carbonyl (C=O) groups is 1. The molecule has 26 heavy (non-hydrogen) atoms. The molecular formula is C21H16BrN3O. The summed E-state index contributed by atoms with van der Waals surface area (Å²) in [6.45, 7) is 1.11. The summed E-state index contributed by atoms with van der Waals surface area (Å²) in [6, 6.07) is 17.8. The minimum absolute atomic E-state index is 0. The molecule has 0 bridgehead atoms. The van der Waals surface area contributed by atoms with Crippen molar-refractivity contribution in [2.75, 3.05) is 6.54 Å². The molecule has 4 aromatic rings. The fourth-order valence-corrected chi connectivity index (χ4v) is 3.68. The van der Waals surface area contributed by atoms with Crippen molar-refractivity contribution in [2.45, 2.75) is 6.54 Å². The van der Waals surface area contributed by atoms with Crippen molar-refractivity contribution in [3.63, 3.8) is 0 Å². The fourth-order valence-electron chi connectivity index (χ4n) is 3.68. The van der Waals surface area contributed by atoms with Crippen LogP contribution >= 0.6 is 0 Å². The standard InChI is InChI=1S/C21H15N3O.BrH/c25-19(14-4-2-1-3-5-14)12-24-10-15-6-8-17-21-18(23-13-22-17)9-7-16(11-24)20(15)21;/h1-10,13H,11-12H2;1H. The summed E-state index contributed by atoms with van der Waals surface area (Å²) in [5.41, 5.74) is 4.08. The van der Waals surface area contributed by atoms with Crippen molar-refractivity contribution in [3.05, 3.63) is 77.3 Å². The van der Waals surface area contributed by atoms with Gasteiger partial charge in [0.2, 0.25) is 0 Å². The number of rotatable bonds is 3. The molecule has 0 saturated heterocycles. The summed E-state index contributed by atoms with van der Waals surface area (Å²) in [6.07, 6.45) is 3.83. The van der Waals surface area contributed by atoms with E-state index in [0.29, 0.717) is 6.54 Å². The Hall–Kier alpha value is -2.79. The van der Waals surface area contributed by atoms with Crippen LogP contribution in [-0.2, 0) is 6.54 Å². The Labute approximate surface area is 160 Å². The Kier molecular flexibility index (Phi) is 4.17. The number of nitrogens with zero attached hydrogens (tertiary/aromatic N) is 2. The number of ketones is 1. The highest BCUT2D eigenvalue weighted by Crippen LogP contribution is 2.26. The molecule has 0 atom stereocenters. The fraction of sp³-hybridized carbons (Fsp3) is 0.0952. The lowest BCUT2D eigenvalue weighted by atomic mass is 9.97. The van der Waals surface area contributed by atoms with Crippen LogP contribution < -0.4 is 27.2 Å². The SMILES string of the molecule is O=C(CN1C=c2ccc3nc[nH+]c4ccc(c2c34)C1)c1ccccc1.[Br-]. The van der Waals surface area contributed by atoms with E-state index >= 15 is 0 Å². The quantitative estimate of drug-likeness (QED) is 0.426. The summed E-state index contributed by atoms with van der Waals surface area (Å²) in [5, 5.41) is 3.55. The van der Waals surface area contributed by atoms with Gasteiger partial charge in [-0.2, -0.15) is 0 Å². The molecule has 2 heterocycles. The van der Waals surface area contributed by atoms with Crippen molar-refractivity contribution < 1.29 is 26.8 Å². The second-order valence-corrected chi connectivity index (χ2v) is 6.42. The van der Waals surface area contributed by atoms with Crippen molar-refractivity contribution in [1.82, 2.24) is 9.88 Å². The van der Waals surface area contributed by atoms with Gasteiger partial charge in [-0.05, 0) is 34.0 Å². The van der Waals surface area contributed by atoms with E-state index < -0.39 is 0 Å². The molecule has 1 aliphatic rings. The number of carbonyl (C=O) groups excluding carboxylic acids is 1. The number of hydrogen-bond donors (Lipinski definition) is 0. The number of nitrogens with one attached hydrogen (secondary N) is 1. The number of H-pyrrole nitrogens is 1. The zero-order valence-electron chi connectivity index (χ0n) is 13.9. The maximum Gasteiger partial charge on any atom is 0.285 e. The smallest absolute Gasteiger partial charge is 0.285 e. The predicted molar refractivity (Wildman–Crippen MR) is 96.7 cm³/mol. The Morgan fingerprint density at radius 1 is 1.04 bits per heavy atom. The average molecular weight is 406 g/mol. The van der Waals surface area contributed by atoms with E-state index in [2.05, 4.69) is 39.3 Å². The van der Waals surface area contributed by atoms with Gasteiger partial charge >= 0.3 is 0 Å². The van der Waals surface area contributed by atoms with Crippen molar-refractivity contribution in [1.29, 1.82) is 0 Å². The molecule has 128 valence electrons. The van der Waals surface area contributed by atoms with Crippen LogP contribution in [0.25, 0.3) is 28.0 Å². The first-order valence-electron chi connectivity index (χ1n) is 8.34. The molecule has 1 aromatic heterocycles. The van der Waals surface area contributed by atoms with Gasteiger partial charge in [-0.3, -0.25) is 4.79 Å². The number of aromatic amines is 1. The number of hydrogen-bond acceptors (Lipinski definition) is 3. The van der Waals surface area contributed by atoms with Gasteiger partial charge in [0.05, 0.1) is 11.9 Å². The average Bonchev–Trinajstić information content (AvgIpc) is 2.66. The summed E-state index contributed by atoms with van der Waals surface area (Å²) in [7, 11) is 0. The van der Waals surface area contributed by atoms with Crippen molar-refractivity contribution >= 4 is 33.8 Å². The lowest BCUT2D eigenvalue weighted by Crippen LogP contribution is -3.00. The third-order valence-electron chi connectivity index (χ3n) is 4.82. The molecule has 0 unspecified atom stereocenters. The molecule has 0 aliphatic carbocycles. The highest BCUT2D eigenvalue weighted by Gasteiger charge is 2.19. The lowest BCUT2D eigenvalue weighted by molar-refractivity contribution is -0.349. The van der Waals surface area contributed by atoms with Crippen LogP contribution in [0.3, 0.4) is 0 Å². The van der Waals surface area contributed by atoms with E-state index in [1.165, 1.54) is 16.3 Å². The first kappa shape index (κ1) is 16.7. The third-order valence-corrected chi connectivity index (χ3v) is 4.82. The molecule has 5 rings (SSSR count). The summed E-state index contributed by atoms with van der Waals surface area (Å²) in [5.74, 6) is 0.136. The molecule has 4 nitrogen and oxygen atoms in total. The van der Waals surface area contributed by atoms with E-state index in [9.17, 15) is 4.79 Å². The van der Waals surface area contributed by atoms with Crippen LogP contribution in [0.5, 0.6) is 0 Å². The first-order chi connectivity index (χ1) is 12.3. The third kappa shape index (κ3) is 2.65. The molecule has 0 spiro atoms. The van der Waals surface area contributed by atoms with Gasteiger partial charge in [0.25, 0.3) is 6.33 Å². The van der Waals surface area contributed by atoms with Gasteiger partial charge in [-0.25, -0.2) is 4.98 Å². The maximum atomic E-state index is 12.5. The molecular weight excluding hydrogens is 390 g/mol. The molecule has 1 N–H and O–H groups in total. The van der Waals surface area contributed by atoms with E-state index in [1.54, 1.807) is 6.33 Å². The van der Waals surface area contributed by atoms with Crippen LogP contribution in [-0.4, -0.2) is 22.2 Å². The van der Waals surface area contributed by atoms with Crippen molar-refractivity contribution in [2.24, 2.45) is 0 Å². The zero-order chi connectivity index (χ0) is 16.8. The zero-order valence-corrected chi connectivity index (χ0v) is 15.5. The van der Waals surface area contributed by atoms with Crippen LogP contribution in [0.4, 0.5) is 0 Å². The highest BCUT2D eigenvalue weighted by atomic mass is 79.9. The van der Waals surface area contributed by atoms with Gasteiger partial charge in [-0.1, -0.05) is 36.4 Å². The highest BCUT2D eigenvalue weighted by molar-refractivity contribution is 6.07. The normalized spacial score (nSPS) is 12.7. The Morgan fingerprint density at radius 3 is 2.73 bits per heavy atom. The van der Waals surface area contributed by atoms with Gasteiger partial charge in [0.1, 0.15) is 5.52 Å². The monoisotopic (exact) mass is 405 g/mol. The summed E-state index contributed by atoms with van der Waals surface area (Å²) < 4.78 is 0. The van der Waals surface area contributed by atoms with E-state index in [1.807, 2.05) is 36.4 Å². The Morgan fingerprint density at radius 2 is 1.88 bits per heavy atom. The number of halogens is 1. The topological polar surface area (TPSA) is 47.3 Å². The minimum atomic E-state index is 0. The van der Waals surface area contributed by atoms with Gasteiger partial charge in [0, 0.05) is 23.7 Å². The number of benzene rings is 3. The van der Waals surface area contributed by atoms with E-state index in [0.717, 1.165) is 28.4 Å². The minimum Gasteiger partial charge on any atom is -1.00 e. The van der Waals surface area contributed by atoms with E-state index in [-0.39, 0.29) is 22.8 Å². The van der Waals surface area contributed by atoms with Gasteiger partial charge in [0.15, 0.2) is 11.3 Å². The molecule has 1 aliphatic heterocycles. The Bertz CT molecular complexity index is 1160. The second-order valence-electron chi connectivity index (χ2n) is 6.42. The predicted octanol–water partition coefficient (Wildman–Crippen LogP) is -0.638. The summed E-state index contributed by atoms with van der Waals surface area (Å²) >= 11 is 0. The molecule has 0 radical (unpaired) electrons. The second kappa shape index (κ2) is 6.50. The van der Waals surface area contributed by atoms with Crippen LogP contribution in [0, 0.1) is 0 Å². The number of aromatic nitrogens is 2. The number of Topliss-reactive ketones (excluding diaryl/α,β-unsaturated/α-hetero) is 1. The van der Waals surface area contributed by atoms with Gasteiger partial charge < -0.3 is 21.9 Å². The molecule has 0 amide bonds. The lowest BCUT2D eigenvalue weighted by Gasteiger charge is -2.24. The Balaban J connectivity index is 0.00000168. The van der Waals surface area contributed by atoms with Crippen LogP contribution in [0.15, 0.2) is 60.9 Å². The largest absolute Gasteiger partial charge is 1.00 e. The maximum absolute atomic E-state index is 12.5. The first-order valence-corrected chi connectivity index (χ1v) is 8.34. The van der Waals surface area contributed by atoms with Crippen LogP contribution in [0.2, 0.25) is 0 Å². The molecule has 3 aromatic carbocycles.